The van der Waals surface area contributed by atoms with E-state index in [-0.39, 0.29) is 0 Å². The van der Waals surface area contributed by atoms with Crippen molar-refractivity contribution in [1.82, 2.24) is 8.87 Å². The molecule has 6 heteroatoms. The van der Waals surface area contributed by atoms with Crippen LogP contribution in [-0.2, 0) is 10.0 Å². The molecule has 2 heterocycles. The van der Waals surface area contributed by atoms with Crippen LogP contribution in [0, 0.1) is 6.92 Å². The molecule has 0 atom stereocenters. The molecule has 0 bridgehead atoms. The summed E-state index contributed by atoms with van der Waals surface area (Å²) in [6.07, 6.45) is 3.94. The van der Waals surface area contributed by atoms with Crippen LogP contribution in [0.5, 0.6) is 0 Å². The predicted molar refractivity (Wildman–Crippen MR) is 119 cm³/mol. The van der Waals surface area contributed by atoms with E-state index < -0.39 is 10.0 Å². The van der Waals surface area contributed by atoms with Crippen LogP contribution in [0.1, 0.15) is 25.3 Å². The Morgan fingerprint density at radius 3 is 2.38 bits per heavy atom. The number of hydrogen-bond acceptors (Lipinski definition) is 4. The second-order valence-corrected chi connectivity index (χ2v) is 9.77. The average Bonchev–Trinajstić information content (AvgIpc) is 3.16. The fourth-order valence-corrected chi connectivity index (χ4v) is 5.69. The summed E-state index contributed by atoms with van der Waals surface area (Å²) in [6.45, 7) is 7.23. The number of hydrogen-bond donors (Lipinski definition) is 0. The molecule has 0 aliphatic carbocycles. The Labute approximate surface area is 173 Å². The van der Waals surface area contributed by atoms with Gasteiger partial charge >= 0.3 is 0 Å². The lowest BCUT2D eigenvalue weighted by atomic mass is 10.0. The minimum Gasteiger partial charge on any atom is -0.368 e. The number of aromatic nitrogens is 1. The molecule has 3 aromatic rings. The van der Waals surface area contributed by atoms with Gasteiger partial charge in [0.25, 0.3) is 10.0 Å². The van der Waals surface area contributed by atoms with Gasteiger partial charge in [-0.2, -0.15) is 0 Å². The molecule has 0 saturated carbocycles. The zero-order valence-electron chi connectivity index (χ0n) is 17.4. The minimum absolute atomic E-state index is 0.314. The zero-order valence-corrected chi connectivity index (χ0v) is 18.2. The summed E-state index contributed by atoms with van der Waals surface area (Å²) < 4.78 is 27.9. The Bertz CT molecular complexity index is 1090. The van der Waals surface area contributed by atoms with Gasteiger partial charge in [0.05, 0.1) is 10.4 Å². The Morgan fingerprint density at radius 1 is 1.03 bits per heavy atom. The third kappa shape index (κ3) is 3.67. The SMILES string of the molecule is CCN(c1cccc2c1ccn2S(=O)(=O)c1ccc(C)cc1)C1CCN(C)CC1. The monoisotopic (exact) mass is 411 g/mol. The zero-order chi connectivity index (χ0) is 20.6. The highest BCUT2D eigenvalue weighted by molar-refractivity contribution is 7.90. The predicted octanol–water partition coefficient (Wildman–Crippen LogP) is 4.11. The topological polar surface area (TPSA) is 45.6 Å². The molecule has 154 valence electrons. The number of likely N-dealkylation sites (tertiary alicyclic amines) is 1. The van der Waals surface area contributed by atoms with Crippen molar-refractivity contribution in [3.63, 3.8) is 0 Å². The van der Waals surface area contributed by atoms with Gasteiger partial charge in [-0.25, -0.2) is 12.4 Å². The number of nitrogens with zero attached hydrogens (tertiary/aromatic N) is 3. The van der Waals surface area contributed by atoms with E-state index in [9.17, 15) is 8.42 Å². The van der Waals surface area contributed by atoms with Gasteiger partial charge in [-0.3, -0.25) is 0 Å². The van der Waals surface area contributed by atoms with E-state index in [0.717, 1.165) is 54.6 Å². The van der Waals surface area contributed by atoms with Gasteiger partial charge in [0.15, 0.2) is 0 Å². The van der Waals surface area contributed by atoms with Gasteiger partial charge in [0.2, 0.25) is 0 Å². The molecule has 4 rings (SSSR count). The summed E-state index contributed by atoms with van der Waals surface area (Å²) in [5.74, 6) is 0. The first-order chi connectivity index (χ1) is 13.9. The summed E-state index contributed by atoms with van der Waals surface area (Å²) in [5.41, 5.74) is 2.90. The molecule has 2 aromatic carbocycles. The fraction of sp³-hybridized carbons (Fsp3) is 0.391. The fourth-order valence-electron chi connectivity index (χ4n) is 4.34. The van der Waals surface area contributed by atoms with Gasteiger partial charge in [0.1, 0.15) is 0 Å². The van der Waals surface area contributed by atoms with Crippen LogP contribution in [0.2, 0.25) is 0 Å². The maximum atomic E-state index is 13.3. The van der Waals surface area contributed by atoms with E-state index in [4.69, 9.17) is 0 Å². The first-order valence-electron chi connectivity index (χ1n) is 10.3. The van der Waals surface area contributed by atoms with Crippen LogP contribution in [0.25, 0.3) is 10.9 Å². The summed E-state index contributed by atoms with van der Waals surface area (Å²) >= 11 is 0. The van der Waals surface area contributed by atoms with E-state index in [1.165, 1.54) is 3.97 Å². The largest absolute Gasteiger partial charge is 0.368 e. The molecule has 1 aromatic heterocycles. The van der Waals surface area contributed by atoms with E-state index in [1.54, 1.807) is 18.3 Å². The maximum Gasteiger partial charge on any atom is 0.268 e. The molecule has 0 amide bonds. The van der Waals surface area contributed by atoms with Gasteiger partial charge in [-0.05, 0) is 77.2 Å². The van der Waals surface area contributed by atoms with Gasteiger partial charge in [0, 0.05) is 29.9 Å². The molecule has 0 N–H and O–H groups in total. The van der Waals surface area contributed by atoms with Crippen LogP contribution in [-0.4, -0.2) is 50.0 Å². The smallest absolute Gasteiger partial charge is 0.268 e. The normalized spacial score (nSPS) is 16.4. The average molecular weight is 412 g/mol. The highest BCUT2D eigenvalue weighted by Gasteiger charge is 2.25. The Hall–Kier alpha value is -2.31. The molecular formula is C23H29N3O2S. The lowest BCUT2D eigenvalue weighted by Gasteiger charge is -2.38. The van der Waals surface area contributed by atoms with Crippen molar-refractivity contribution in [3.05, 3.63) is 60.3 Å². The van der Waals surface area contributed by atoms with E-state index in [1.807, 2.05) is 37.3 Å². The second-order valence-electron chi connectivity index (χ2n) is 7.96. The molecule has 1 aliphatic heterocycles. The summed E-state index contributed by atoms with van der Waals surface area (Å²) in [7, 11) is -1.46. The van der Waals surface area contributed by atoms with Gasteiger partial charge < -0.3 is 9.80 Å². The molecule has 1 fully saturated rings. The standard InChI is InChI=1S/C23H29N3O2S/c1-4-25(19-12-15-24(3)16-13-19)22-6-5-7-23-21(22)14-17-26(23)29(27,28)20-10-8-18(2)9-11-20/h5-11,14,17,19H,4,12-13,15-16H2,1-3H3. The molecule has 5 nitrogen and oxygen atoms in total. The quantitative estimate of drug-likeness (QED) is 0.634. The Morgan fingerprint density at radius 2 is 1.72 bits per heavy atom. The van der Waals surface area contributed by atoms with Crippen molar-refractivity contribution in [2.45, 2.75) is 37.6 Å². The lowest BCUT2D eigenvalue weighted by molar-refractivity contribution is 0.250. The van der Waals surface area contributed by atoms with Crippen LogP contribution in [0.15, 0.2) is 59.6 Å². The van der Waals surface area contributed by atoms with Crippen molar-refractivity contribution < 1.29 is 8.42 Å². The van der Waals surface area contributed by atoms with Crippen LogP contribution >= 0.6 is 0 Å². The Kier molecular flexibility index (Phi) is 5.40. The van der Waals surface area contributed by atoms with Crippen LogP contribution < -0.4 is 4.90 Å². The second kappa shape index (κ2) is 7.84. The number of aryl methyl sites for hydroxylation is 1. The number of fused-ring (bicyclic) bond motifs is 1. The minimum atomic E-state index is -3.63. The Balaban J connectivity index is 1.76. The summed E-state index contributed by atoms with van der Waals surface area (Å²) in [5, 5.41) is 0.990. The highest BCUT2D eigenvalue weighted by Crippen LogP contribution is 2.33. The molecule has 1 aliphatic rings. The molecule has 1 saturated heterocycles. The summed E-state index contributed by atoms with van der Waals surface area (Å²) in [6, 6.07) is 15.4. The van der Waals surface area contributed by atoms with E-state index >= 15 is 0 Å². The molecule has 0 unspecified atom stereocenters. The molecule has 0 radical (unpaired) electrons. The van der Waals surface area contributed by atoms with Crippen molar-refractivity contribution in [2.75, 3.05) is 31.6 Å². The van der Waals surface area contributed by atoms with E-state index in [2.05, 4.69) is 29.8 Å². The summed E-state index contributed by atoms with van der Waals surface area (Å²) in [4.78, 5) is 5.13. The third-order valence-corrected chi connectivity index (χ3v) is 7.74. The molecule has 0 spiro atoms. The van der Waals surface area contributed by atoms with E-state index in [0.29, 0.717) is 10.9 Å². The van der Waals surface area contributed by atoms with Crippen molar-refractivity contribution in [2.24, 2.45) is 0 Å². The first kappa shape index (κ1) is 20.0. The van der Waals surface area contributed by atoms with Gasteiger partial charge in [-0.1, -0.05) is 23.8 Å². The van der Waals surface area contributed by atoms with Crippen molar-refractivity contribution >= 4 is 26.6 Å². The first-order valence-corrected chi connectivity index (χ1v) is 11.7. The van der Waals surface area contributed by atoms with Crippen molar-refractivity contribution in [3.8, 4) is 0 Å². The van der Waals surface area contributed by atoms with Crippen LogP contribution in [0.3, 0.4) is 0 Å². The number of rotatable bonds is 5. The van der Waals surface area contributed by atoms with Crippen molar-refractivity contribution in [1.29, 1.82) is 0 Å². The lowest BCUT2D eigenvalue weighted by Crippen LogP contribution is -2.43. The third-order valence-electron chi connectivity index (χ3n) is 6.03. The molecular weight excluding hydrogens is 382 g/mol. The number of anilines is 1. The maximum absolute atomic E-state index is 13.3. The number of benzene rings is 2. The number of piperidine rings is 1. The molecule has 29 heavy (non-hydrogen) atoms. The van der Waals surface area contributed by atoms with Crippen LogP contribution in [0.4, 0.5) is 5.69 Å². The van der Waals surface area contributed by atoms with Gasteiger partial charge in [-0.15, -0.1) is 0 Å². The highest BCUT2D eigenvalue weighted by atomic mass is 32.2.